The summed E-state index contributed by atoms with van der Waals surface area (Å²) in [7, 11) is 0. The lowest BCUT2D eigenvalue weighted by atomic mass is 10.0. The summed E-state index contributed by atoms with van der Waals surface area (Å²) in [5, 5.41) is 7.93. The topological polar surface area (TPSA) is 73.5 Å². The Balaban J connectivity index is 1.55. The molecule has 0 radical (unpaired) electrons. The fourth-order valence-electron chi connectivity index (χ4n) is 3.62. The predicted octanol–water partition coefficient (Wildman–Crippen LogP) is 4.32. The van der Waals surface area contributed by atoms with E-state index in [9.17, 15) is 22.8 Å². The molecule has 1 aliphatic heterocycles. The van der Waals surface area contributed by atoms with Crippen LogP contribution in [0.1, 0.15) is 24.8 Å². The Bertz CT molecular complexity index is 890. The highest BCUT2D eigenvalue weighted by Crippen LogP contribution is 2.34. The van der Waals surface area contributed by atoms with Gasteiger partial charge < -0.3 is 16.0 Å². The van der Waals surface area contributed by atoms with E-state index in [2.05, 4.69) is 16.0 Å². The third kappa shape index (κ3) is 6.71. The molecule has 0 bridgehead atoms. The summed E-state index contributed by atoms with van der Waals surface area (Å²) in [4.78, 5) is 26.5. The monoisotopic (exact) mass is 434 g/mol. The van der Waals surface area contributed by atoms with E-state index >= 15 is 0 Å². The summed E-state index contributed by atoms with van der Waals surface area (Å²) >= 11 is 0. The molecule has 3 amide bonds. The van der Waals surface area contributed by atoms with Crippen LogP contribution in [0.3, 0.4) is 0 Å². The number of para-hydroxylation sites is 2. The second-order valence-corrected chi connectivity index (χ2v) is 7.41. The van der Waals surface area contributed by atoms with Gasteiger partial charge in [0.05, 0.1) is 17.8 Å². The molecule has 0 saturated carbocycles. The summed E-state index contributed by atoms with van der Waals surface area (Å²) in [6, 6.07) is 13.5. The van der Waals surface area contributed by atoms with Crippen molar-refractivity contribution in [2.24, 2.45) is 0 Å². The number of carbonyl (C=O) groups excluding carboxylic acids is 2. The molecular weight excluding hydrogens is 409 g/mol. The maximum Gasteiger partial charge on any atom is 0.418 e. The molecule has 0 aliphatic carbocycles. The number of hydrogen-bond acceptors (Lipinski definition) is 3. The average molecular weight is 434 g/mol. The fourth-order valence-corrected chi connectivity index (χ4v) is 3.62. The summed E-state index contributed by atoms with van der Waals surface area (Å²) in [5.41, 5.74) is -0.463. The maximum absolute atomic E-state index is 13.1. The minimum absolute atomic E-state index is 0.0428. The number of carbonyl (C=O) groups is 2. The van der Waals surface area contributed by atoms with Gasteiger partial charge in [0, 0.05) is 18.3 Å². The zero-order valence-corrected chi connectivity index (χ0v) is 16.9. The molecule has 31 heavy (non-hydrogen) atoms. The summed E-state index contributed by atoms with van der Waals surface area (Å²) in [5.74, 6) is -0.516. The Labute approximate surface area is 178 Å². The molecule has 0 aromatic heterocycles. The molecule has 2 aromatic rings. The molecule has 0 spiro atoms. The highest BCUT2D eigenvalue weighted by atomic mass is 19.4. The van der Waals surface area contributed by atoms with Gasteiger partial charge in [0.15, 0.2) is 0 Å². The number of piperidine rings is 1. The first kappa shape index (κ1) is 22.6. The molecular formula is C22H25F3N4O2. The number of urea groups is 1. The van der Waals surface area contributed by atoms with Crippen molar-refractivity contribution in [3.05, 3.63) is 60.2 Å². The van der Waals surface area contributed by atoms with Crippen molar-refractivity contribution in [1.82, 2.24) is 10.2 Å². The van der Waals surface area contributed by atoms with E-state index in [0.29, 0.717) is 18.8 Å². The lowest BCUT2D eigenvalue weighted by molar-refractivity contribution is -0.137. The Morgan fingerprint density at radius 1 is 0.968 bits per heavy atom. The van der Waals surface area contributed by atoms with Gasteiger partial charge in [-0.25, -0.2) is 4.79 Å². The summed E-state index contributed by atoms with van der Waals surface area (Å²) < 4.78 is 39.4. The van der Waals surface area contributed by atoms with E-state index in [1.807, 2.05) is 23.1 Å². The number of rotatable bonds is 6. The van der Waals surface area contributed by atoms with Crippen molar-refractivity contribution in [2.45, 2.75) is 31.5 Å². The highest BCUT2D eigenvalue weighted by Gasteiger charge is 2.34. The van der Waals surface area contributed by atoms with Gasteiger partial charge in [-0.3, -0.25) is 9.69 Å². The van der Waals surface area contributed by atoms with E-state index in [4.69, 9.17) is 0 Å². The Morgan fingerprint density at radius 3 is 2.42 bits per heavy atom. The second-order valence-electron chi connectivity index (χ2n) is 7.41. The van der Waals surface area contributed by atoms with Crippen molar-refractivity contribution in [3.8, 4) is 0 Å². The first-order chi connectivity index (χ1) is 14.8. The van der Waals surface area contributed by atoms with E-state index < -0.39 is 17.6 Å². The third-order valence-corrected chi connectivity index (χ3v) is 5.13. The summed E-state index contributed by atoms with van der Waals surface area (Å²) in [6.45, 7) is 0.935. The molecule has 3 N–H and O–H groups in total. The third-order valence-electron chi connectivity index (χ3n) is 5.13. The molecule has 166 valence electrons. The molecule has 1 heterocycles. The van der Waals surface area contributed by atoms with Crippen molar-refractivity contribution in [3.63, 3.8) is 0 Å². The zero-order chi connectivity index (χ0) is 22.3. The Kier molecular flexibility index (Phi) is 7.51. The van der Waals surface area contributed by atoms with Crippen molar-refractivity contribution in [1.29, 1.82) is 0 Å². The number of likely N-dealkylation sites (tertiary alicyclic amines) is 1. The van der Waals surface area contributed by atoms with Crippen LogP contribution in [0.5, 0.6) is 0 Å². The van der Waals surface area contributed by atoms with Crippen LogP contribution in [0.2, 0.25) is 0 Å². The van der Waals surface area contributed by atoms with E-state index in [1.54, 1.807) is 12.1 Å². The molecule has 1 unspecified atom stereocenters. The van der Waals surface area contributed by atoms with Gasteiger partial charge in [-0.2, -0.15) is 13.2 Å². The van der Waals surface area contributed by atoms with Crippen LogP contribution in [0.25, 0.3) is 0 Å². The van der Waals surface area contributed by atoms with Gasteiger partial charge in [-0.05, 0) is 43.7 Å². The molecule has 3 rings (SSSR count). The minimum atomic E-state index is -4.55. The number of hydrogen-bond donors (Lipinski definition) is 3. The molecule has 1 saturated heterocycles. The zero-order valence-electron chi connectivity index (χ0n) is 16.9. The Morgan fingerprint density at radius 2 is 1.68 bits per heavy atom. The number of amides is 3. The van der Waals surface area contributed by atoms with Crippen LogP contribution in [-0.2, 0) is 11.0 Å². The van der Waals surface area contributed by atoms with Crippen molar-refractivity contribution in [2.75, 3.05) is 30.3 Å². The van der Waals surface area contributed by atoms with E-state index in [0.717, 1.165) is 25.3 Å². The van der Waals surface area contributed by atoms with Crippen LogP contribution < -0.4 is 16.0 Å². The van der Waals surface area contributed by atoms with Crippen LogP contribution in [0, 0.1) is 0 Å². The molecule has 6 nitrogen and oxygen atoms in total. The van der Waals surface area contributed by atoms with Crippen LogP contribution in [-0.4, -0.2) is 42.5 Å². The van der Waals surface area contributed by atoms with Crippen molar-refractivity contribution < 1.29 is 22.8 Å². The quantitative estimate of drug-likeness (QED) is 0.634. The van der Waals surface area contributed by atoms with Crippen LogP contribution >= 0.6 is 0 Å². The van der Waals surface area contributed by atoms with Gasteiger partial charge in [-0.1, -0.05) is 36.8 Å². The van der Waals surface area contributed by atoms with Crippen molar-refractivity contribution >= 4 is 23.3 Å². The number of nitrogens with zero attached hydrogens (tertiary/aromatic N) is 1. The van der Waals surface area contributed by atoms with Gasteiger partial charge in [0.2, 0.25) is 5.91 Å². The predicted molar refractivity (Wildman–Crippen MR) is 113 cm³/mol. The molecule has 1 aliphatic rings. The van der Waals surface area contributed by atoms with E-state index in [-0.39, 0.29) is 24.3 Å². The van der Waals surface area contributed by atoms with E-state index in [1.165, 1.54) is 18.2 Å². The molecule has 2 aromatic carbocycles. The normalized spacial score (nSPS) is 17.1. The molecule has 1 fully saturated rings. The second kappa shape index (κ2) is 10.3. The van der Waals surface area contributed by atoms with Gasteiger partial charge in [0.1, 0.15) is 0 Å². The Hall–Kier alpha value is -3.07. The van der Waals surface area contributed by atoms with Gasteiger partial charge in [-0.15, -0.1) is 0 Å². The number of alkyl halides is 3. The molecule has 9 heteroatoms. The fraction of sp³-hybridized carbons (Fsp3) is 0.364. The largest absolute Gasteiger partial charge is 0.418 e. The number of benzene rings is 2. The lowest BCUT2D eigenvalue weighted by Crippen LogP contribution is -2.49. The maximum atomic E-state index is 13.1. The van der Waals surface area contributed by atoms with Crippen LogP contribution in [0.4, 0.5) is 29.3 Å². The minimum Gasteiger partial charge on any atom is -0.336 e. The number of halogens is 3. The average Bonchev–Trinajstić information content (AvgIpc) is 2.73. The first-order valence-electron chi connectivity index (χ1n) is 10.1. The number of nitrogens with one attached hydrogen (secondary N) is 3. The molecule has 1 atom stereocenters. The summed E-state index contributed by atoms with van der Waals surface area (Å²) in [6.07, 6.45) is -1.91. The smallest absolute Gasteiger partial charge is 0.336 e. The SMILES string of the molecule is O=C(CN1CCCCC1CNC(=O)Nc1ccccc1)Nc1ccccc1C(F)(F)F. The highest BCUT2D eigenvalue weighted by molar-refractivity contribution is 5.93. The standard InChI is InChI=1S/C22H25F3N4O2/c23-22(24,25)18-11-4-5-12-19(18)28-20(30)15-29-13-7-6-10-17(29)14-26-21(31)27-16-8-2-1-3-9-16/h1-5,8-9,11-12,17H,6-7,10,13-15H2,(H,28,30)(H2,26,27,31). The number of anilines is 2. The van der Waals surface area contributed by atoms with Gasteiger partial charge in [0.25, 0.3) is 0 Å². The lowest BCUT2D eigenvalue weighted by Gasteiger charge is -2.35. The van der Waals surface area contributed by atoms with Crippen LogP contribution in [0.15, 0.2) is 54.6 Å². The van der Waals surface area contributed by atoms with Gasteiger partial charge >= 0.3 is 12.2 Å². The first-order valence-corrected chi connectivity index (χ1v) is 10.1.